The molecule has 2 aromatic heterocycles. The Hall–Kier alpha value is -3.13. The van der Waals surface area contributed by atoms with Gasteiger partial charge < -0.3 is 14.4 Å². The molecule has 0 spiro atoms. The van der Waals surface area contributed by atoms with Crippen molar-refractivity contribution >= 4 is 23.4 Å². The molecule has 0 unspecified atom stereocenters. The van der Waals surface area contributed by atoms with Crippen LogP contribution in [-0.2, 0) is 17.0 Å². The Labute approximate surface area is 185 Å². The quantitative estimate of drug-likeness (QED) is 0.412. The lowest BCUT2D eigenvalue weighted by atomic mass is 10.2. The van der Waals surface area contributed by atoms with E-state index in [9.17, 15) is 4.79 Å². The van der Waals surface area contributed by atoms with E-state index in [-0.39, 0.29) is 12.5 Å². The predicted octanol–water partition coefficient (Wildman–Crippen LogP) is 3.76. The number of ether oxygens (including phenoxy) is 2. The molecule has 8 heteroatoms. The van der Waals surface area contributed by atoms with E-state index in [0.29, 0.717) is 29.0 Å². The molecule has 0 bridgehead atoms. The summed E-state index contributed by atoms with van der Waals surface area (Å²) >= 11 is 1.50. The van der Waals surface area contributed by atoms with Crippen molar-refractivity contribution in [2.75, 3.05) is 25.2 Å². The van der Waals surface area contributed by atoms with Crippen LogP contribution in [0.1, 0.15) is 22.6 Å². The van der Waals surface area contributed by atoms with Gasteiger partial charge in [-0.25, -0.2) is 9.97 Å². The Morgan fingerprint density at radius 2 is 1.90 bits per heavy atom. The van der Waals surface area contributed by atoms with Crippen molar-refractivity contribution in [3.05, 3.63) is 65.2 Å². The third-order valence-electron chi connectivity index (χ3n) is 4.96. The fourth-order valence-electron chi connectivity index (χ4n) is 3.52. The molecule has 1 aliphatic heterocycles. The summed E-state index contributed by atoms with van der Waals surface area (Å²) in [5, 5.41) is 0.709. The lowest BCUT2D eigenvalue weighted by Gasteiger charge is -2.18. The van der Waals surface area contributed by atoms with Gasteiger partial charge in [-0.3, -0.25) is 9.78 Å². The van der Waals surface area contributed by atoms with Gasteiger partial charge in [0, 0.05) is 35.4 Å². The van der Waals surface area contributed by atoms with Crippen LogP contribution >= 0.6 is 11.8 Å². The lowest BCUT2D eigenvalue weighted by molar-refractivity contribution is -0.120. The minimum atomic E-state index is -0.0802. The maximum absolute atomic E-state index is 12.8. The van der Waals surface area contributed by atoms with Crippen LogP contribution < -0.4 is 14.4 Å². The van der Waals surface area contributed by atoms with Crippen LogP contribution in [0.4, 0.5) is 5.69 Å². The molecule has 0 saturated carbocycles. The number of methoxy groups -OCH3 is 1. The average Bonchev–Trinajstić information content (AvgIpc) is 3.20. The largest absolute Gasteiger partial charge is 0.491 e. The van der Waals surface area contributed by atoms with Gasteiger partial charge in [0.15, 0.2) is 23.3 Å². The van der Waals surface area contributed by atoms with Crippen LogP contribution in [0.15, 0.2) is 47.8 Å². The standard InChI is InChI=1S/C23H24N4O3S/c1-15-10-16(2)26-23(25-15)31-14-18-11-20(21(29-3)12-24-18)30-13-22(28)27-9-8-17-6-4-5-7-19(17)27/h4-7,10-12H,8-9,13-14H2,1-3H3. The molecule has 31 heavy (non-hydrogen) atoms. The highest BCUT2D eigenvalue weighted by Gasteiger charge is 2.24. The normalized spacial score (nSPS) is 12.5. The monoisotopic (exact) mass is 436 g/mol. The van der Waals surface area contributed by atoms with Crippen LogP contribution in [-0.4, -0.2) is 41.1 Å². The van der Waals surface area contributed by atoms with Gasteiger partial charge in [-0.2, -0.15) is 0 Å². The molecule has 7 nitrogen and oxygen atoms in total. The number of anilines is 1. The molecule has 3 heterocycles. The molecule has 0 radical (unpaired) electrons. The molecule has 160 valence electrons. The van der Waals surface area contributed by atoms with Crippen LogP contribution in [0.5, 0.6) is 11.5 Å². The molecule has 0 saturated heterocycles. The predicted molar refractivity (Wildman–Crippen MR) is 120 cm³/mol. The Morgan fingerprint density at radius 3 is 2.68 bits per heavy atom. The van der Waals surface area contributed by atoms with E-state index in [1.54, 1.807) is 24.3 Å². The molecule has 0 atom stereocenters. The van der Waals surface area contributed by atoms with Gasteiger partial charge in [-0.15, -0.1) is 0 Å². The van der Waals surface area contributed by atoms with Crippen molar-refractivity contribution in [1.29, 1.82) is 0 Å². The number of thioether (sulfide) groups is 1. The molecule has 1 aliphatic rings. The van der Waals surface area contributed by atoms with Gasteiger partial charge in [-0.1, -0.05) is 30.0 Å². The highest BCUT2D eigenvalue weighted by atomic mass is 32.2. The minimum absolute atomic E-state index is 0.0680. The second-order valence-electron chi connectivity index (χ2n) is 7.26. The number of rotatable bonds is 7. The fourth-order valence-corrected chi connectivity index (χ4v) is 4.37. The number of hydrogen-bond donors (Lipinski definition) is 0. The number of para-hydroxylation sites is 1. The van der Waals surface area contributed by atoms with Gasteiger partial charge in [0.05, 0.1) is 19.0 Å². The SMILES string of the molecule is COc1cnc(CSc2nc(C)cc(C)n2)cc1OCC(=O)N1CCc2ccccc21. The van der Waals surface area contributed by atoms with E-state index < -0.39 is 0 Å². The molecule has 4 rings (SSSR count). The second kappa shape index (κ2) is 9.34. The lowest BCUT2D eigenvalue weighted by Crippen LogP contribution is -2.33. The Kier molecular flexibility index (Phi) is 6.36. The summed E-state index contributed by atoms with van der Waals surface area (Å²) in [6.45, 7) is 4.51. The summed E-state index contributed by atoms with van der Waals surface area (Å²) in [6, 6.07) is 11.7. The highest BCUT2D eigenvalue weighted by molar-refractivity contribution is 7.98. The first-order valence-electron chi connectivity index (χ1n) is 10.0. The average molecular weight is 437 g/mol. The number of benzene rings is 1. The van der Waals surface area contributed by atoms with Gasteiger partial charge in [0.2, 0.25) is 0 Å². The molecular formula is C23H24N4O3S. The zero-order valence-electron chi connectivity index (χ0n) is 17.8. The number of aromatic nitrogens is 3. The van der Waals surface area contributed by atoms with E-state index in [1.165, 1.54) is 17.3 Å². The summed E-state index contributed by atoms with van der Waals surface area (Å²) in [4.78, 5) is 27.9. The van der Waals surface area contributed by atoms with Crippen LogP contribution in [0.2, 0.25) is 0 Å². The number of carbonyl (C=O) groups is 1. The first-order valence-corrected chi connectivity index (χ1v) is 11.0. The first kappa shape index (κ1) is 21.1. The van der Waals surface area contributed by atoms with E-state index >= 15 is 0 Å². The van der Waals surface area contributed by atoms with Gasteiger partial charge in [0.1, 0.15) is 0 Å². The van der Waals surface area contributed by atoms with Crippen LogP contribution in [0.25, 0.3) is 0 Å². The molecule has 0 N–H and O–H groups in total. The summed E-state index contributed by atoms with van der Waals surface area (Å²) < 4.78 is 11.2. The molecule has 1 aromatic carbocycles. The Morgan fingerprint density at radius 1 is 1.13 bits per heavy atom. The van der Waals surface area contributed by atoms with E-state index in [4.69, 9.17) is 9.47 Å². The Balaban J connectivity index is 1.42. The van der Waals surface area contributed by atoms with E-state index in [0.717, 1.165) is 29.2 Å². The van der Waals surface area contributed by atoms with Crippen molar-refractivity contribution in [2.24, 2.45) is 0 Å². The Bertz CT molecular complexity index is 1090. The highest BCUT2D eigenvalue weighted by Crippen LogP contribution is 2.30. The van der Waals surface area contributed by atoms with Crippen molar-refractivity contribution in [1.82, 2.24) is 15.0 Å². The summed E-state index contributed by atoms with van der Waals surface area (Å²) in [6.07, 6.45) is 2.48. The summed E-state index contributed by atoms with van der Waals surface area (Å²) in [5.74, 6) is 1.49. The minimum Gasteiger partial charge on any atom is -0.491 e. The summed E-state index contributed by atoms with van der Waals surface area (Å²) in [5.41, 5.74) is 4.81. The molecule has 0 fully saturated rings. The first-order chi connectivity index (χ1) is 15.0. The van der Waals surface area contributed by atoms with Gasteiger partial charge in [0.25, 0.3) is 5.91 Å². The molecule has 3 aromatic rings. The third-order valence-corrected chi connectivity index (χ3v) is 5.84. The number of fused-ring (bicyclic) bond motifs is 1. The van der Waals surface area contributed by atoms with Gasteiger partial charge in [-0.05, 0) is 38.0 Å². The van der Waals surface area contributed by atoms with E-state index in [1.807, 2.05) is 38.1 Å². The number of pyridine rings is 1. The zero-order chi connectivity index (χ0) is 21.8. The smallest absolute Gasteiger partial charge is 0.264 e. The number of amides is 1. The topological polar surface area (TPSA) is 77.4 Å². The fraction of sp³-hybridized carbons (Fsp3) is 0.304. The van der Waals surface area contributed by atoms with Crippen molar-refractivity contribution in [2.45, 2.75) is 31.2 Å². The van der Waals surface area contributed by atoms with Crippen molar-refractivity contribution in [3.63, 3.8) is 0 Å². The van der Waals surface area contributed by atoms with Crippen molar-refractivity contribution < 1.29 is 14.3 Å². The maximum atomic E-state index is 12.8. The zero-order valence-corrected chi connectivity index (χ0v) is 18.6. The number of nitrogens with zero attached hydrogens (tertiary/aromatic N) is 4. The number of carbonyl (C=O) groups excluding carboxylic acids is 1. The van der Waals surface area contributed by atoms with Gasteiger partial charge >= 0.3 is 0 Å². The molecular weight excluding hydrogens is 412 g/mol. The van der Waals surface area contributed by atoms with Crippen molar-refractivity contribution in [3.8, 4) is 11.5 Å². The number of aryl methyl sites for hydroxylation is 2. The van der Waals surface area contributed by atoms with Crippen LogP contribution in [0, 0.1) is 13.8 Å². The van der Waals surface area contributed by atoms with Crippen LogP contribution in [0.3, 0.4) is 0 Å². The second-order valence-corrected chi connectivity index (χ2v) is 8.20. The molecule has 0 aliphatic carbocycles. The molecule has 1 amide bonds. The van der Waals surface area contributed by atoms with E-state index in [2.05, 4.69) is 21.0 Å². The number of hydrogen-bond acceptors (Lipinski definition) is 7. The summed E-state index contributed by atoms with van der Waals surface area (Å²) in [7, 11) is 1.56. The maximum Gasteiger partial charge on any atom is 0.264 e. The third kappa shape index (κ3) is 4.96.